The smallest absolute Gasteiger partial charge is 0.100 e. The van der Waals surface area contributed by atoms with Gasteiger partial charge in [0, 0.05) is 13.2 Å². The number of unbranched alkanes of at least 4 members (excludes halogenated alkanes) is 14. The van der Waals surface area contributed by atoms with Crippen molar-refractivity contribution in [2.75, 3.05) is 52.9 Å². The highest BCUT2D eigenvalue weighted by Gasteiger charge is 1.95. The van der Waals surface area contributed by atoms with E-state index < -0.39 is 6.10 Å². The minimum atomic E-state index is -0.954. The Bertz CT molecular complexity index is 289. The van der Waals surface area contributed by atoms with Crippen molar-refractivity contribution in [3.63, 3.8) is 0 Å². The van der Waals surface area contributed by atoms with Crippen LogP contribution in [0.1, 0.15) is 117 Å². The zero-order valence-corrected chi connectivity index (χ0v) is 22.1. The molecule has 0 aliphatic carbocycles. The van der Waals surface area contributed by atoms with Crippen molar-refractivity contribution >= 4 is 0 Å². The van der Waals surface area contributed by atoms with Crippen LogP contribution in [-0.2, 0) is 14.2 Å². The molecule has 3 N–H and O–H groups in total. The molecule has 0 bridgehead atoms. The molecule has 6 heteroatoms. The molecular weight excluding hydrogens is 420 g/mol. The van der Waals surface area contributed by atoms with Gasteiger partial charge in [0.1, 0.15) is 6.10 Å². The van der Waals surface area contributed by atoms with Crippen LogP contribution in [0, 0.1) is 0 Å². The molecule has 0 fully saturated rings. The minimum Gasteiger partial charge on any atom is -0.394 e. The van der Waals surface area contributed by atoms with Crippen molar-refractivity contribution in [1.29, 1.82) is 0 Å². The molecule has 0 saturated heterocycles. The first kappa shape index (κ1) is 34.9. The summed E-state index contributed by atoms with van der Waals surface area (Å²) in [5.74, 6) is 0. The van der Waals surface area contributed by atoms with Crippen LogP contribution < -0.4 is 0 Å². The highest BCUT2D eigenvalue weighted by Crippen LogP contribution is 2.09. The van der Waals surface area contributed by atoms with Gasteiger partial charge in [0.05, 0.1) is 39.6 Å². The maximum atomic E-state index is 8.17. The highest BCUT2D eigenvalue weighted by molar-refractivity contribution is 4.47. The van der Waals surface area contributed by atoms with Gasteiger partial charge in [0.15, 0.2) is 0 Å². The van der Waals surface area contributed by atoms with Crippen LogP contribution in [-0.4, -0.2) is 74.3 Å². The molecule has 0 aliphatic rings. The lowest BCUT2D eigenvalue weighted by Gasteiger charge is -2.07. The van der Waals surface area contributed by atoms with Gasteiger partial charge in [-0.3, -0.25) is 0 Å². The van der Waals surface area contributed by atoms with Crippen LogP contribution in [0.2, 0.25) is 0 Å². The van der Waals surface area contributed by atoms with Crippen molar-refractivity contribution in [3.8, 4) is 0 Å². The average molecular weight is 479 g/mol. The quantitative estimate of drug-likeness (QED) is 0.139. The Morgan fingerprint density at radius 2 is 0.697 bits per heavy atom. The summed E-state index contributed by atoms with van der Waals surface area (Å²) in [6, 6.07) is 0. The van der Waals surface area contributed by atoms with Gasteiger partial charge < -0.3 is 29.5 Å². The third-order valence-corrected chi connectivity index (χ3v) is 5.45. The summed E-state index contributed by atoms with van der Waals surface area (Å²) in [7, 11) is 0. The first-order chi connectivity index (χ1) is 16.2. The normalized spacial score (nSPS) is 11.1. The number of hydrogen-bond acceptors (Lipinski definition) is 6. The molecule has 0 rings (SSSR count). The lowest BCUT2D eigenvalue weighted by Crippen LogP contribution is -2.15. The van der Waals surface area contributed by atoms with E-state index in [9.17, 15) is 0 Å². The number of hydrogen-bond donors (Lipinski definition) is 3. The van der Waals surface area contributed by atoms with Gasteiger partial charge >= 0.3 is 0 Å². The summed E-state index contributed by atoms with van der Waals surface area (Å²) >= 11 is 0. The van der Waals surface area contributed by atoms with E-state index in [0.717, 1.165) is 13.2 Å². The van der Waals surface area contributed by atoms with Crippen LogP contribution in [0.5, 0.6) is 0 Å². The Labute approximate surface area is 205 Å². The van der Waals surface area contributed by atoms with Crippen molar-refractivity contribution in [1.82, 2.24) is 0 Å². The van der Waals surface area contributed by atoms with E-state index in [1.807, 2.05) is 0 Å². The number of ether oxygens (including phenoxy) is 3. The van der Waals surface area contributed by atoms with Crippen LogP contribution in [0.3, 0.4) is 0 Å². The Hall–Kier alpha value is -0.240. The van der Waals surface area contributed by atoms with Gasteiger partial charge in [-0.05, 0) is 12.8 Å². The molecule has 33 heavy (non-hydrogen) atoms. The molecule has 0 saturated carbocycles. The van der Waals surface area contributed by atoms with Crippen LogP contribution >= 0.6 is 0 Å². The van der Waals surface area contributed by atoms with Gasteiger partial charge in [0.2, 0.25) is 0 Å². The molecule has 0 aromatic heterocycles. The minimum absolute atomic E-state index is 0.365. The van der Waals surface area contributed by atoms with E-state index in [-0.39, 0.29) is 13.2 Å². The molecule has 0 aromatic rings. The second-order valence-corrected chi connectivity index (χ2v) is 8.81. The first-order valence-corrected chi connectivity index (χ1v) is 13.9. The summed E-state index contributed by atoms with van der Waals surface area (Å²) in [5, 5.41) is 24.0. The molecule has 0 amide bonds. The number of rotatable bonds is 26. The monoisotopic (exact) mass is 478 g/mol. The highest BCUT2D eigenvalue weighted by atomic mass is 16.5. The predicted octanol–water partition coefficient (Wildman–Crippen LogP) is 5.65. The molecule has 0 heterocycles. The molecule has 0 aromatic carbocycles. The van der Waals surface area contributed by atoms with E-state index in [2.05, 4.69) is 13.8 Å². The third kappa shape index (κ3) is 36.5. The lowest BCUT2D eigenvalue weighted by molar-refractivity contribution is 0.0132. The molecule has 202 valence electrons. The summed E-state index contributed by atoms with van der Waals surface area (Å²) in [6.45, 7) is 8.39. The molecule has 0 unspecified atom stereocenters. The molecule has 6 nitrogen and oxygen atoms in total. The zero-order valence-electron chi connectivity index (χ0n) is 22.1. The number of aliphatic hydroxyl groups excluding tert-OH is 3. The van der Waals surface area contributed by atoms with E-state index in [1.54, 1.807) is 0 Å². The molecule has 0 radical (unpaired) electrons. The Kier molecular flexibility index (Phi) is 35.9. The van der Waals surface area contributed by atoms with Gasteiger partial charge in [-0.25, -0.2) is 0 Å². The first-order valence-electron chi connectivity index (χ1n) is 13.9. The second kappa shape index (κ2) is 33.9. The Balaban J connectivity index is 0. The fourth-order valence-corrected chi connectivity index (χ4v) is 3.28. The van der Waals surface area contributed by atoms with E-state index in [4.69, 9.17) is 29.5 Å². The SMILES string of the molecule is CCCCCCCCCCOCCOCCOCCCCCCCCCC.OCC(O)CO. The third-order valence-electron chi connectivity index (χ3n) is 5.45. The Morgan fingerprint density at radius 1 is 0.424 bits per heavy atom. The van der Waals surface area contributed by atoms with Gasteiger partial charge in [-0.2, -0.15) is 0 Å². The summed E-state index contributed by atoms with van der Waals surface area (Å²) in [5.41, 5.74) is 0. The van der Waals surface area contributed by atoms with E-state index in [1.165, 1.54) is 103 Å². The summed E-state index contributed by atoms with van der Waals surface area (Å²) in [4.78, 5) is 0. The molecular formula is C27H58O6. The lowest BCUT2D eigenvalue weighted by atomic mass is 10.1. The van der Waals surface area contributed by atoms with Crippen LogP contribution in [0.15, 0.2) is 0 Å². The Morgan fingerprint density at radius 3 is 0.970 bits per heavy atom. The molecule has 0 aliphatic heterocycles. The fourth-order valence-electron chi connectivity index (χ4n) is 3.28. The van der Waals surface area contributed by atoms with Crippen molar-refractivity contribution in [2.45, 2.75) is 123 Å². The number of aliphatic hydroxyl groups is 3. The summed E-state index contributed by atoms with van der Waals surface area (Å²) < 4.78 is 16.8. The fraction of sp³-hybridized carbons (Fsp3) is 1.00. The predicted molar refractivity (Wildman–Crippen MR) is 138 cm³/mol. The van der Waals surface area contributed by atoms with E-state index in [0.29, 0.717) is 26.4 Å². The largest absolute Gasteiger partial charge is 0.394 e. The molecule has 0 spiro atoms. The molecule has 0 atom stereocenters. The standard InChI is InChI=1S/C24H50O3.C3H8O3/c1-3-5-7-9-11-13-15-17-19-25-21-23-27-24-22-26-20-18-16-14-12-10-8-6-4-2;4-1-3(6)2-5/h3-24H2,1-2H3;3-6H,1-2H2. The second-order valence-electron chi connectivity index (χ2n) is 8.81. The van der Waals surface area contributed by atoms with Crippen LogP contribution in [0.25, 0.3) is 0 Å². The van der Waals surface area contributed by atoms with E-state index >= 15 is 0 Å². The van der Waals surface area contributed by atoms with Gasteiger partial charge in [0.25, 0.3) is 0 Å². The maximum Gasteiger partial charge on any atom is 0.100 e. The van der Waals surface area contributed by atoms with Crippen molar-refractivity contribution < 1.29 is 29.5 Å². The zero-order chi connectivity index (χ0) is 24.7. The van der Waals surface area contributed by atoms with Crippen LogP contribution in [0.4, 0.5) is 0 Å². The van der Waals surface area contributed by atoms with Crippen molar-refractivity contribution in [3.05, 3.63) is 0 Å². The summed E-state index contributed by atoms with van der Waals surface area (Å²) in [6.07, 6.45) is 20.6. The maximum absolute atomic E-state index is 8.17. The average Bonchev–Trinajstić information content (AvgIpc) is 2.84. The topological polar surface area (TPSA) is 88.4 Å². The van der Waals surface area contributed by atoms with Crippen molar-refractivity contribution in [2.24, 2.45) is 0 Å². The van der Waals surface area contributed by atoms with Gasteiger partial charge in [-0.1, -0.05) is 104 Å². The van der Waals surface area contributed by atoms with Gasteiger partial charge in [-0.15, -0.1) is 0 Å².